The van der Waals surface area contributed by atoms with Crippen LogP contribution in [0.1, 0.15) is 44.2 Å². The van der Waals surface area contributed by atoms with E-state index in [-0.39, 0.29) is 0 Å². The first-order chi connectivity index (χ1) is 13.3. The largest absolute Gasteiger partial charge is 0.367 e. The van der Waals surface area contributed by atoms with Crippen molar-refractivity contribution >= 4 is 22.2 Å². The zero-order valence-corrected chi connectivity index (χ0v) is 16.1. The quantitative estimate of drug-likeness (QED) is 0.668. The lowest BCUT2D eigenvalue weighted by atomic mass is 9.68. The van der Waals surface area contributed by atoms with Crippen LogP contribution in [0.2, 0.25) is 0 Å². The number of pyridine rings is 1. The van der Waals surface area contributed by atoms with Gasteiger partial charge >= 0.3 is 0 Å². The maximum Gasteiger partial charge on any atom is 0.158 e. The highest BCUT2D eigenvalue weighted by atomic mass is 15.2. The zero-order chi connectivity index (χ0) is 18.2. The number of fused-ring (bicyclic) bond motifs is 5. The van der Waals surface area contributed by atoms with Gasteiger partial charge in [-0.25, -0.2) is 0 Å². The molecule has 3 aromatic heterocycles. The Labute approximate surface area is 160 Å². The van der Waals surface area contributed by atoms with E-state index in [1.165, 1.54) is 44.0 Å². The average molecular weight is 364 g/mol. The fraction of sp³-hybridized carbons (Fsp3) is 0.545. The molecule has 3 aromatic rings. The second kappa shape index (κ2) is 7.12. The Kier molecular flexibility index (Phi) is 4.48. The van der Waals surface area contributed by atoms with Crippen molar-refractivity contribution in [1.82, 2.24) is 19.9 Å². The molecule has 2 fully saturated rings. The molecule has 3 heterocycles. The van der Waals surface area contributed by atoms with Gasteiger partial charge in [-0.15, -0.1) is 5.10 Å². The van der Waals surface area contributed by atoms with E-state index in [1.807, 2.05) is 6.92 Å². The van der Waals surface area contributed by atoms with Crippen molar-refractivity contribution in [2.45, 2.75) is 51.5 Å². The molecule has 0 aliphatic heterocycles. The van der Waals surface area contributed by atoms with Gasteiger partial charge in [-0.3, -0.25) is 0 Å². The molecule has 2 aliphatic carbocycles. The first kappa shape index (κ1) is 17.0. The molecule has 2 N–H and O–H groups in total. The van der Waals surface area contributed by atoms with Crippen LogP contribution in [-0.2, 0) is 0 Å². The lowest BCUT2D eigenvalue weighted by Crippen LogP contribution is -2.48. The molecule has 0 aromatic carbocycles. The van der Waals surface area contributed by atoms with E-state index >= 15 is 0 Å². The van der Waals surface area contributed by atoms with E-state index in [0.717, 1.165) is 53.4 Å². The van der Waals surface area contributed by atoms with Crippen molar-refractivity contribution in [3.8, 4) is 0 Å². The molecule has 2 aliphatic rings. The summed E-state index contributed by atoms with van der Waals surface area (Å²) in [5.74, 6) is 2.70. The van der Waals surface area contributed by atoms with E-state index in [9.17, 15) is 0 Å². The summed E-state index contributed by atoms with van der Waals surface area (Å²) in [6, 6.07) is 9.20. The standard InChI is InChI=1S/C22H29N5/c1-15-21-19(14-18-10-2-3-13-27(18)21)22(26-25-15)24-12-11-23-20-16-6-4-7-17(20)9-5-8-16/h2-3,10,13-14,16-17,20,23H,4-9,11-12H2,1H3,(H,24,26). The Bertz CT molecular complexity index is 924. The average Bonchev–Trinajstić information content (AvgIpc) is 3.07. The third-order valence-electron chi connectivity index (χ3n) is 6.69. The second-order valence-electron chi connectivity index (χ2n) is 8.32. The third kappa shape index (κ3) is 3.08. The van der Waals surface area contributed by atoms with Crippen molar-refractivity contribution in [2.75, 3.05) is 18.4 Å². The highest BCUT2D eigenvalue weighted by Crippen LogP contribution is 2.39. The van der Waals surface area contributed by atoms with Gasteiger partial charge in [0.2, 0.25) is 0 Å². The van der Waals surface area contributed by atoms with Gasteiger partial charge in [0.15, 0.2) is 5.82 Å². The minimum Gasteiger partial charge on any atom is -0.367 e. The van der Waals surface area contributed by atoms with E-state index in [0.29, 0.717) is 0 Å². The molecule has 0 saturated heterocycles. The van der Waals surface area contributed by atoms with Crippen molar-refractivity contribution in [1.29, 1.82) is 0 Å². The monoisotopic (exact) mass is 363 g/mol. The number of aryl methyl sites for hydroxylation is 1. The van der Waals surface area contributed by atoms with Gasteiger partial charge in [0.25, 0.3) is 0 Å². The number of anilines is 1. The van der Waals surface area contributed by atoms with Crippen LogP contribution in [0.4, 0.5) is 5.82 Å². The minimum atomic E-state index is 0.732. The van der Waals surface area contributed by atoms with Crippen LogP contribution in [0.25, 0.3) is 16.4 Å². The molecule has 27 heavy (non-hydrogen) atoms. The summed E-state index contributed by atoms with van der Waals surface area (Å²) in [6.45, 7) is 3.90. The molecule has 142 valence electrons. The topological polar surface area (TPSA) is 54.2 Å². The Morgan fingerprint density at radius 2 is 1.81 bits per heavy atom. The second-order valence-corrected chi connectivity index (χ2v) is 8.32. The highest BCUT2D eigenvalue weighted by Gasteiger charge is 2.35. The fourth-order valence-corrected chi connectivity index (χ4v) is 5.46. The molecule has 5 rings (SSSR count). The van der Waals surface area contributed by atoms with Gasteiger partial charge in [0.1, 0.15) is 0 Å². The van der Waals surface area contributed by atoms with Crippen LogP contribution in [-0.4, -0.2) is 33.7 Å². The van der Waals surface area contributed by atoms with Crippen LogP contribution < -0.4 is 10.6 Å². The summed E-state index contributed by atoms with van der Waals surface area (Å²) < 4.78 is 2.20. The van der Waals surface area contributed by atoms with E-state index in [4.69, 9.17) is 0 Å². The van der Waals surface area contributed by atoms with Crippen LogP contribution in [0.3, 0.4) is 0 Å². The summed E-state index contributed by atoms with van der Waals surface area (Å²) in [5, 5.41) is 17.4. The van der Waals surface area contributed by atoms with E-state index < -0.39 is 0 Å². The van der Waals surface area contributed by atoms with Gasteiger partial charge < -0.3 is 15.0 Å². The van der Waals surface area contributed by atoms with Crippen LogP contribution in [0.5, 0.6) is 0 Å². The van der Waals surface area contributed by atoms with Crippen LogP contribution in [0, 0.1) is 18.8 Å². The first-order valence-electron chi connectivity index (χ1n) is 10.5. The van der Waals surface area contributed by atoms with E-state index in [2.05, 4.69) is 55.7 Å². The van der Waals surface area contributed by atoms with Gasteiger partial charge in [-0.1, -0.05) is 18.9 Å². The Balaban J connectivity index is 1.29. The molecule has 0 amide bonds. The molecule has 5 heteroatoms. The van der Waals surface area contributed by atoms with Crippen molar-refractivity contribution in [2.24, 2.45) is 11.8 Å². The smallest absolute Gasteiger partial charge is 0.158 e. The lowest BCUT2D eigenvalue weighted by molar-refractivity contribution is 0.125. The van der Waals surface area contributed by atoms with Gasteiger partial charge in [-0.2, -0.15) is 5.10 Å². The van der Waals surface area contributed by atoms with Crippen LogP contribution >= 0.6 is 0 Å². The normalized spacial score (nSPS) is 25.1. The number of hydrogen-bond acceptors (Lipinski definition) is 4. The summed E-state index contributed by atoms with van der Waals surface area (Å²) in [4.78, 5) is 0. The van der Waals surface area contributed by atoms with Crippen LogP contribution in [0.15, 0.2) is 30.5 Å². The summed E-state index contributed by atoms with van der Waals surface area (Å²) >= 11 is 0. The number of hydrogen-bond donors (Lipinski definition) is 2. The summed E-state index contributed by atoms with van der Waals surface area (Å²) in [6.07, 6.45) is 10.6. The van der Waals surface area contributed by atoms with Crippen molar-refractivity contribution in [3.63, 3.8) is 0 Å². The van der Waals surface area contributed by atoms with Gasteiger partial charge in [-0.05, 0) is 62.6 Å². The lowest BCUT2D eigenvalue weighted by Gasteiger charge is -2.43. The molecule has 5 nitrogen and oxygen atoms in total. The van der Waals surface area contributed by atoms with Crippen molar-refractivity contribution < 1.29 is 0 Å². The molecule has 0 spiro atoms. The predicted molar refractivity (Wildman–Crippen MR) is 110 cm³/mol. The molecular weight excluding hydrogens is 334 g/mol. The third-order valence-corrected chi connectivity index (χ3v) is 6.69. The molecule has 0 radical (unpaired) electrons. The Hall–Kier alpha value is -2.14. The Morgan fingerprint density at radius 1 is 1.04 bits per heavy atom. The SMILES string of the molecule is Cc1nnc(NCCNC2C3CCCC2CCC3)c2cc3ccccn3c12. The molecule has 2 bridgehead atoms. The molecule has 0 atom stereocenters. The number of rotatable bonds is 5. The highest BCUT2D eigenvalue weighted by molar-refractivity contribution is 5.96. The number of nitrogens with one attached hydrogen (secondary N) is 2. The fourth-order valence-electron chi connectivity index (χ4n) is 5.46. The van der Waals surface area contributed by atoms with Gasteiger partial charge in [0.05, 0.1) is 11.2 Å². The summed E-state index contributed by atoms with van der Waals surface area (Å²) in [5.41, 5.74) is 3.30. The van der Waals surface area contributed by atoms with Gasteiger partial charge in [0, 0.05) is 36.2 Å². The summed E-state index contributed by atoms with van der Waals surface area (Å²) in [7, 11) is 0. The number of nitrogens with zero attached hydrogens (tertiary/aromatic N) is 3. The van der Waals surface area contributed by atoms with Crippen molar-refractivity contribution in [3.05, 3.63) is 36.2 Å². The number of aromatic nitrogens is 3. The first-order valence-corrected chi connectivity index (χ1v) is 10.5. The maximum atomic E-state index is 4.44. The minimum absolute atomic E-state index is 0.732. The van der Waals surface area contributed by atoms with E-state index in [1.54, 1.807) is 0 Å². The zero-order valence-electron chi connectivity index (χ0n) is 16.1. The Morgan fingerprint density at radius 3 is 2.59 bits per heavy atom. The molecule has 0 unspecified atom stereocenters. The molecule has 2 saturated carbocycles. The molecular formula is C22H29N5. The predicted octanol–water partition coefficient (Wildman–Crippen LogP) is 4.16. The maximum absolute atomic E-state index is 4.44.